The second-order valence-electron chi connectivity index (χ2n) is 8.39. The van der Waals surface area contributed by atoms with Crippen molar-refractivity contribution < 1.29 is 24.6 Å². The highest BCUT2D eigenvalue weighted by Crippen LogP contribution is 2.13. The summed E-state index contributed by atoms with van der Waals surface area (Å²) in [5.41, 5.74) is 5.43. The van der Waals surface area contributed by atoms with Crippen LogP contribution in [-0.2, 0) is 4.79 Å². The Hall–Kier alpha value is -2.63. The van der Waals surface area contributed by atoms with Gasteiger partial charge >= 0.3 is 11.9 Å². The van der Waals surface area contributed by atoms with Gasteiger partial charge in [0.15, 0.2) is 0 Å². The highest BCUT2D eigenvalue weighted by molar-refractivity contribution is 5.96. The summed E-state index contributed by atoms with van der Waals surface area (Å²) in [4.78, 5) is 31.8. The molecular formula is C27H43NO5. The number of nitrogens with two attached hydrogens (primary N) is 1. The van der Waals surface area contributed by atoms with Gasteiger partial charge in [0, 0.05) is 6.42 Å². The van der Waals surface area contributed by atoms with E-state index in [1.165, 1.54) is 95.8 Å². The Morgan fingerprint density at radius 3 is 1.61 bits per heavy atom. The van der Waals surface area contributed by atoms with Crippen LogP contribution < -0.4 is 5.73 Å². The van der Waals surface area contributed by atoms with Gasteiger partial charge in [0.1, 0.15) is 0 Å². The Balaban J connectivity index is 0.000000676. The molecule has 186 valence electrons. The summed E-state index contributed by atoms with van der Waals surface area (Å²) in [5, 5.41) is 17.4. The van der Waals surface area contributed by atoms with E-state index in [4.69, 9.17) is 15.9 Å². The smallest absolute Gasteiger partial charge is 0.335 e. The van der Waals surface area contributed by atoms with Crippen molar-refractivity contribution in [3.8, 4) is 0 Å². The number of benzene rings is 1. The molecule has 0 aliphatic carbocycles. The average Bonchev–Trinajstić information content (AvgIpc) is 2.76. The van der Waals surface area contributed by atoms with E-state index >= 15 is 0 Å². The summed E-state index contributed by atoms with van der Waals surface area (Å²) in [5.74, 6) is -2.39. The second-order valence-corrected chi connectivity index (χ2v) is 8.39. The number of rotatable bonds is 17. The van der Waals surface area contributed by atoms with Crippen LogP contribution >= 0.6 is 0 Å². The SMILES string of the molecule is CCCCCCCC/C=C\CCCCCCCC(N)=O.Cc1c(C(=O)O)cccc1C(=O)O. The summed E-state index contributed by atoms with van der Waals surface area (Å²) < 4.78 is 0. The largest absolute Gasteiger partial charge is 0.478 e. The Bertz CT molecular complexity index is 695. The van der Waals surface area contributed by atoms with E-state index in [1.54, 1.807) is 0 Å². The van der Waals surface area contributed by atoms with Crippen molar-refractivity contribution in [1.82, 2.24) is 0 Å². The summed E-state index contributed by atoms with van der Waals surface area (Å²) in [6.45, 7) is 3.74. The van der Waals surface area contributed by atoms with Gasteiger partial charge in [-0.05, 0) is 56.7 Å². The fourth-order valence-electron chi connectivity index (χ4n) is 3.47. The van der Waals surface area contributed by atoms with E-state index in [-0.39, 0.29) is 22.6 Å². The first kappa shape index (κ1) is 30.4. The molecule has 4 N–H and O–H groups in total. The summed E-state index contributed by atoms with van der Waals surface area (Å²) in [6, 6.07) is 4.17. The minimum Gasteiger partial charge on any atom is -0.478 e. The van der Waals surface area contributed by atoms with Crippen LogP contribution in [0.3, 0.4) is 0 Å². The zero-order valence-electron chi connectivity index (χ0n) is 20.5. The van der Waals surface area contributed by atoms with Crippen molar-refractivity contribution in [2.24, 2.45) is 5.73 Å². The molecule has 0 radical (unpaired) electrons. The zero-order chi connectivity index (χ0) is 24.9. The number of aromatic carboxylic acids is 2. The fraction of sp³-hybridized carbons (Fsp3) is 0.593. The van der Waals surface area contributed by atoms with Crippen molar-refractivity contribution in [3.63, 3.8) is 0 Å². The number of primary amides is 1. The molecule has 0 aliphatic rings. The number of carboxylic acid groups (broad SMARTS) is 2. The first-order valence-corrected chi connectivity index (χ1v) is 12.3. The lowest BCUT2D eigenvalue weighted by Crippen LogP contribution is -2.09. The van der Waals surface area contributed by atoms with Gasteiger partial charge < -0.3 is 15.9 Å². The maximum Gasteiger partial charge on any atom is 0.335 e. The maximum absolute atomic E-state index is 10.6. The Kier molecular flexibility index (Phi) is 18.4. The number of unbranched alkanes of at least 4 members (excludes halogenated alkanes) is 11. The molecule has 0 bridgehead atoms. The first-order chi connectivity index (χ1) is 15.8. The number of allylic oxidation sites excluding steroid dienone is 2. The molecule has 1 aromatic rings. The lowest BCUT2D eigenvalue weighted by Gasteiger charge is -2.03. The highest BCUT2D eigenvalue weighted by Gasteiger charge is 2.13. The van der Waals surface area contributed by atoms with E-state index in [2.05, 4.69) is 19.1 Å². The van der Waals surface area contributed by atoms with Gasteiger partial charge in [-0.25, -0.2) is 9.59 Å². The number of carboxylic acids is 2. The summed E-state index contributed by atoms with van der Waals surface area (Å²) in [7, 11) is 0. The van der Waals surface area contributed by atoms with Crippen molar-refractivity contribution >= 4 is 17.8 Å². The van der Waals surface area contributed by atoms with Crippen LogP contribution in [0.25, 0.3) is 0 Å². The fourth-order valence-corrected chi connectivity index (χ4v) is 3.47. The molecular weight excluding hydrogens is 418 g/mol. The molecule has 0 unspecified atom stereocenters. The quantitative estimate of drug-likeness (QED) is 0.172. The Morgan fingerprint density at radius 2 is 1.18 bits per heavy atom. The van der Waals surface area contributed by atoms with Crippen molar-refractivity contribution in [3.05, 3.63) is 47.0 Å². The van der Waals surface area contributed by atoms with E-state index < -0.39 is 11.9 Å². The molecule has 0 fully saturated rings. The van der Waals surface area contributed by atoms with Gasteiger partial charge in [-0.1, -0.05) is 76.5 Å². The minimum atomic E-state index is -1.11. The molecule has 1 amide bonds. The highest BCUT2D eigenvalue weighted by atomic mass is 16.4. The molecule has 0 aromatic heterocycles. The van der Waals surface area contributed by atoms with Crippen molar-refractivity contribution in [1.29, 1.82) is 0 Å². The van der Waals surface area contributed by atoms with Crippen LogP contribution in [0.15, 0.2) is 30.4 Å². The third kappa shape index (κ3) is 16.6. The molecule has 1 aromatic carbocycles. The maximum atomic E-state index is 10.6. The molecule has 0 saturated heterocycles. The third-order valence-corrected chi connectivity index (χ3v) is 5.48. The van der Waals surface area contributed by atoms with Gasteiger partial charge in [0.25, 0.3) is 0 Å². The molecule has 33 heavy (non-hydrogen) atoms. The van der Waals surface area contributed by atoms with E-state index in [0.717, 1.165) is 12.8 Å². The zero-order valence-corrected chi connectivity index (χ0v) is 20.5. The van der Waals surface area contributed by atoms with Crippen LogP contribution in [0.2, 0.25) is 0 Å². The first-order valence-electron chi connectivity index (χ1n) is 12.3. The summed E-state index contributed by atoms with van der Waals surface area (Å²) in [6.07, 6.45) is 21.9. The van der Waals surface area contributed by atoms with Gasteiger partial charge in [-0.2, -0.15) is 0 Å². The molecule has 0 aliphatic heterocycles. The normalized spacial score (nSPS) is 10.6. The molecule has 0 spiro atoms. The number of hydrogen-bond donors (Lipinski definition) is 3. The average molecular weight is 462 g/mol. The lowest BCUT2D eigenvalue weighted by atomic mass is 10.0. The van der Waals surface area contributed by atoms with Crippen molar-refractivity contribution in [2.75, 3.05) is 0 Å². The van der Waals surface area contributed by atoms with E-state index in [0.29, 0.717) is 6.42 Å². The minimum absolute atomic E-state index is 0.0277. The summed E-state index contributed by atoms with van der Waals surface area (Å²) >= 11 is 0. The van der Waals surface area contributed by atoms with Gasteiger partial charge in [0.2, 0.25) is 5.91 Å². The van der Waals surface area contributed by atoms with Crippen LogP contribution in [0.4, 0.5) is 0 Å². The van der Waals surface area contributed by atoms with Crippen molar-refractivity contribution in [2.45, 2.75) is 104 Å². The van der Waals surface area contributed by atoms with Crippen LogP contribution in [0.1, 0.15) is 123 Å². The van der Waals surface area contributed by atoms with Gasteiger partial charge in [0.05, 0.1) is 11.1 Å². The third-order valence-electron chi connectivity index (χ3n) is 5.48. The number of hydrogen-bond acceptors (Lipinski definition) is 3. The standard InChI is InChI=1S/C18H35NO.C9H8O4/c1-2-3-4-5-6-7-8-9-10-11-12-13-14-15-16-17-18(19)20;1-5-6(8(10)11)3-2-4-7(5)9(12)13/h9-10H,2-8,11-17H2,1H3,(H2,19,20);2-4H,1H3,(H,10,11)(H,12,13)/b10-9-;. The predicted octanol–water partition coefficient (Wildman–Crippen LogP) is 6.90. The van der Waals surface area contributed by atoms with Crippen LogP contribution in [0.5, 0.6) is 0 Å². The molecule has 1 rings (SSSR count). The van der Waals surface area contributed by atoms with Crippen LogP contribution in [-0.4, -0.2) is 28.1 Å². The topological polar surface area (TPSA) is 118 Å². The number of carbonyl (C=O) groups excluding carboxylic acids is 1. The Morgan fingerprint density at radius 1 is 0.758 bits per heavy atom. The van der Waals surface area contributed by atoms with E-state index in [1.807, 2.05) is 0 Å². The monoisotopic (exact) mass is 461 g/mol. The van der Waals surface area contributed by atoms with Gasteiger partial charge in [-0.3, -0.25) is 4.79 Å². The van der Waals surface area contributed by atoms with E-state index in [9.17, 15) is 14.4 Å². The second kappa shape index (κ2) is 20.0. The Labute approximate surface area is 199 Å². The molecule has 0 heterocycles. The molecule has 0 atom stereocenters. The lowest BCUT2D eigenvalue weighted by molar-refractivity contribution is -0.118. The van der Waals surface area contributed by atoms with Crippen LogP contribution in [0, 0.1) is 6.92 Å². The van der Waals surface area contributed by atoms with Gasteiger partial charge in [-0.15, -0.1) is 0 Å². The number of amides is 1. The predicted molar refractivity (Wildman–Crippen MR) is 134 cm³/mol. The molecule has 6 nitrogen and oxygen atoms in total. The molecule has 0 saturated carbocycles. The number of carbonyl (C=O) groups is 3. The molecule has 6 heteroatoms.